The Bertz CT molecular complexity index is 406. The Morgan fingerprint density at radius 2 is 2.26 bits per heavy atom. The molecule has 0 aliphatic heterocycles. The monoisotopic (exact) mass is 263 g/mol. The first-order chi connectivity index (χ1) is 9.24. The van der Waals surface area contributed by atoms with Crippen LogP contribution < -0.4 is 10.1 Å². The Morgan fingerprint density at radius 3 is 3.00 bits per heavy atom. The Labute approximate surface area is 116 Å². The second-order valence-electron chi connectivity index (χ2n) is 5.24. The van der Waals surface area contributed by atoms with E-state index in [0.29, 0.717) is 12.6 Å². The van der Waals surface area contributed by atoms with Gasteiger partial charge in [-0.15, -0.1) is 0 Å². The van der Waals surface area contributed by atoms with Crippen molar-refractivity contribution in [2.24, 2.45) is 0 Å². The van der Waals surface area contributed by atoms with Gasteiger partial charge in [0.05, 0.1) is 6.10 Å². The van der Waals surface area contributed by atoms with Crippen molar-refractivity contribution in [2.45, 2.75) is 51.7 Å². The first kappa shape index (κ1) is 14.4. The zero-order chi connectivity index (χ0) is 13.7. The largest absolute Gasteiger partial charge is 0.491 e. The van der Waals surface area contributed by atoms with Gasteiger partial charge in [-0.25, -0.2) is 0 Å². The minimum absolute atomic E-state index is 0.370. The van der Waals surface area contributed by atoms with Crippen LogP contribution in [0.1, 0.15) is 50.3 Å². The molecule has 106 valence electrons. The Balaban J connectivity index is 2.06. The smallest absolute Gasteiger partial charge is 0.119 e. The maximum absolute atomic E-state index is 9.53. The topological polar surface area (TPSA) is 41.5 Å². The maximum atomic E-state index is 9.53. The van der Waals surface area contributed by atoms with Gasteiger partial charge >= 0.3 is 0 Å². The van der Waals surface area contributed by atoms with Gasteiger partial charge in [-0.2, -0.15) is 0 Å². The number of benzene rings is 1. The molecule has 2 rings (SSSR count). The van der Waals surface area contributed by atoms with Crippen molar-refractivity contribution in [1.29, 1.82) is 0 Å². The molecule has 0 fully saturated rings. The van der Waals surface area contributed by atoms with E-state index in [1.807, 2.05) is 13.0 Å². The lowest BCUT2D eigenvalue weighted by molar-refractivity contribution is 0.104. The molecule has 0 aromatic heterocycles. The molecule has 0 bridgehead atoms. The van der Waals surface area contributed by atoms with Gasteiger partial charge < -0.3 is 15.2 Å². The first-order valence-corrected chi connectivity index (χ1v) is 7.41. The van der Waals surface area contributed by atoms with E-state index in [1.54, 1.807) is 0 Å². The van der Waals surface area contributed by atoms with Crippen molar-refractivity contribution in [1.82, 2.24) is 5.32 Å². The van der Waals surface area contributed by atoms with Crippen LogP contribution in [0.25, 0.3) is 0 Å². The van der Waals surface area contributed by atoms with Crippen LogP contribution >= 0.6 is 0 Å². The predicted octanol–water partition coefficient (Wildman–Crippen LogP) is 2.82. The average molecular weight is 263 g/mol. The van der Waals surface area contributed by atoms with E-state index in [0.717, 1.165) is 25.1 Å². The molecule has 0 spiro atoms. The Kier molecular flexibility index (Phi) is 5.23. The third-order valence-electron chi connectivity index (χ3n) is 3.79. The summed E-state index contributed by atoms with van der Waals surface area (Å²) >= 11 is 0. The first-order valence-electron chi connectivity index (χ1n) is 7.41. The van der Waals surface area contributed by atoms with Crippen LogP contribution in [0.2, 0.25) is 0 Å². The second kappa shape index (κ2) is 6.92. The molecule has 0 saturated heterocycles. The molecule has 0 saturated carbocycles. The van der Waals surface area contributed by atoms with Crippen molar-refractivity contribution < 1.29 is 9.84 Å². The van der Waals surface area contributed by atoms with Crippen LogP contribution in [0.4, 0.5) is 0 Å². The number of ether oxygens (including phenoxy) is 1. The summed E-state index contributed by atoms with van der Waals surface area (Å²) in [5.41, 5.74) is 2.80. The maximum Gasteiger partial charge on any atom is 0.119 e. The van der Waals surface area contributed by atoms with Gasteiger partial charge in [-0.05, 0) is 55.5 Å². The molecule has 2 unspecified atom stereocenters. The van der Waals surface area contributed by atoms with Gasteiger partial charge in [0.15, 0.2) is 0 Å². The van der Waals surface area contributed by atoms with Crippen molar-refractivity contribution in [3.05, 3.63) is 29.3 Å². The fourth-order valence-corrected chi connectivity index (χ4v) is 2.65. The van der Waals surface area contributed by atoms with Crippen LogP contribution in [-0.2, 0) is 6.42 Å². The van der Waals surface area contributed by atoms with Crippen LogP contribution in [-0.4, -0.2) is 24.4 Å². The summed E-state index contributed by atoms with van der Waals surface area (Å²) < 4.78 is 5.65. The lowest BCUT2D eigenvalue weighted by atomic mass is 9.87. The third kappa shape index (κ3) is 3.71. The lowest BCUT2D eigenvalue weighted by Gasteiger charge is -2.26. The van der Waals surface area contributed by atoms with Gasteiger partial charge in [0.1, 0.15) is 12.4 Å². The molecule has 0 amide bonds. The number of rotatable bonds is 6. The number of aliphatic hydroxyl groups is 1. The highest BCUT2D eigenvalue weighted by atomic mass is 16.5. The van der Waals surface area contributed by atoms with Crippen LogP contribution in [0.5, 0.6) is 5.75 Å². The lowest BCUT2D eigenvalue weighted by Crippen LogP contribution is -2.25. The molecular formula is C16H25NO2. The van der Waals surface area contributed by atoms with Crippen molar-refractivity contribution in [2.75, 3.05) is 13.2 Å². The molecule has 19 heavy (non-hydrogen) atoms. The summed E-state index contributed by atoms with van der Waals surface area (Å²) in [5.74, 6) is 0.878. The van der Waals surface area contributed by atoms with E-state index in [4.69, 9.17) is 4.74 Å². The predicted molar refractivity (Wildman–Crippen MR) is 77.6 cm³/mol. The molecule has 2 N–H and O–H groups in total. The molecule has 1 aromatic carbocycles. The molecule has 1 aromatic rings. The second-order valence-corrected chi connectivity index (χ2v) is 5.24. The average Bonchev–Trinajstić information content (AvgIpc) is 2.45. The molecule has 0 heterocycles. The van der Waals surface area contributed by atoms with Gasteiger partial charge in [0, 0.05) is 6.04 Å². The van der Waals surface area contributed by atoms with Crippen LogP contribution in [0.15, 0.2) is 18.2 Å². The molecule has 1 aliphatic carbocycles. The number of aliphatic hydroxyl groups excluding tert-OH is 1. The van der Waals surface area contributed by atoms with E-state index >= 15 is 0 Å². The number of aryl methyl sites for hydroxylation is 1. The SMILES string of the molecule is CCNC1CCCc2cc(OCC(O)CC)ccc21. The number of nitrogens with one attached hydrogen (secondary N) is 1. The Morgan fingerprint density at radius 1 is 1.42 bits per heavy atom. The standard InChI is InChI=1S/C16H25NO2/c1-3-13(18)11-19-14-8-9-15-12(10-14)6-5-7-16(15)17-4-2/h8-10,13,16-18H,3-7,11H2,1-2H3. The zero-order valence-electron chi connectivity index (χ0n) is 12.0. The summed E-state index contributed by atoms with van der Waals surface area (Å²) in [7, 11) is 0. The highest BCUT2D eigenvalue weighted by Crippen LogP contribution is 2.32. The van der Waals surface area contributed by atoms with Gasteiger partial charge in [-0.3, -0.25) is 0 Å². The molecule has 2 atom stereocenters. The van der Waals surface area contributed by atoms with E-state index < -0.39 is 0 Å². The van der Waals surface area contributed by atoms with Crippen molar-refractivity contribution in [3.8, 4) is 5.75 Å². The fourth-order valence-electron chi connectivity index (χ4n) is 2.65. The number of hydrogen-bond donors (Lipinski definition) is 2. The van der Waals surface area contributed by atoms with E-state index in [-0.39, 0.29) is 6.10 Å². The van der Waals surface area contributed by atoms with Crippen LogP contribution in [0, 0.1) is 0 Å². The molecule has 3 heteroatoms. The molecule has 0 radical (unpaired) electrons. The number of hydrogen-bond acceptors (Lipinski definition) is 3. The summed E-state index contributed by atoms with van der Waals surface area (Å²) in [6.45, 7) is 5.50. The highest BCUT2D eigenvalue weighted by molar-refractivity contribution is 5.39. The summed E-state index contributed by atoms with van der Waals surface area (Å²) in [6.07, 6.45) is 3.94. The zero-order valence-corrected chi connectivity index (χ0v) is 12.0. The number of fused-ring (bicyclic) bond motifs is 1. The molecular weight excluding hydrogens is 238 g/mol. The molecule has 3 nitrogen and oxygen atoms in total. The quantitative estimate of drug-likeness (QED) is 0.829. The van der Waals surface area contributed by atoms with E-state index in [2.05, 4.69) is 24.4 Å². The van der Waals surface area contributed by atoms with Gasteiger partial charge in [0.25, 0.3) is 0 Å². The van der Waals surface area contributed by atoms with E-state index in [9.17, 15) is 5.11 Å². The third-order valence-corrected chi connectivity index (χ3v) is 3.79. The van der Waals surface area contributed by atoms with E-state index in [1.165, 1.54) is 24.0 Å². The minimum Gasteiger partial charge on any atom is -0.491 e. The van der Waals surface area contributed by atoms with Crippen LogP contribution in [0.3, 0.4) is 0 Å². The van der Waals surface area contributed by atoms with Gasteiger partial charge in [-0.1, -0.05) is 19.9 Å². The van der Waals surface area contributed by atoms with Gasteiger partial charge in [0.2, 0.25) is 0 Å². The summed E-state index contributed by atoms with van der Waals surface area (Å²) in [6, 6.07) is 6.83. The van der Waals surface area contributed by atoms with Crippen molar-refractivity contribution >= 4 is 0 Å². The minimum atomic E-state index is -0.370. The summed E-state index contributed by atoms with van der Waals surface area (Å²) in [4.78, 5) is 0. The highest BCUT2D eigenvalue weighted by Gasteiger charge is 2.19. The fraction of sp³-hybridized carbons (Fsp3) is 0.625. The Hall–Kier alpha value is -1.06. The molecule has 1 aliphatic rings. The normalized spacial score (nSPS) is 19.8. The van der Waals surface area contributed by atoms with Crippen molar-refractivity contribution in [3.63, 3.8) is 0 Å². The summed E-state index contributed by atoms with van der Waals surface area (Å²) in [5, 5.41) is 13.1.